The molecule has 3 rings (SSSR count). The van der Waals surface area contributed by atoms with E-state index in [0.717, 1.165) is 11.1 Å². The molecule has 0 aliphatic carbocycles. The van der Waals surface area contributed by atoms with Gasteiger partial charge in [0.1, 0.15) is 0 Å². The Morgan fingerprint density at radius 3 is 1.62 bits per heavy atom. The van der Waals surface area contributed by atoms with Crippen LogP contribution in [0.1, 0.15) is 40.4 Å². The van der Waals surface area contributed by atoms with Gasteiger partial charge in [0, 0.05) is 18.4 Å². The van der Waals surface area contributed by atoms with Crippen LogP contribution in [0.3, 0.4) is 0 Å². The molecule has 1 amide bonds. The summed E-state index contributed by atoms with van der Waals surface area (Å²) >= 11 is 0. The van der Waals surface area contributed by atoms with E-state index in [9.17, 15) is 9.59 Å². The molecule has 3 aromatic carbocycles. The van der Waals surface area contributed by atoms with Gasteiger partial charge in [0.25, 0.3) is 0 Å². The number of ketones is 1. The quantitative estimate of drug-likeness (QED) is 0.640. The minimum atomic E-state index is -0.225. The van der Waals surface area contributed by atoms with Crippen LogP contribution in [0.2, 0.25) is 0 Å². The average molecular weight is 343 g/mol. The minimum absolute atomic E-state index is 0.0169. The van der Waals surface area contributed by atoms with E-state index in [1.165, 1.54) is 0 Å². The highest BCUT2D eigenvalue weighted by atomic mass is 16.2. The van der Waals surface area contributed by atoms with E-state index in [1.54, 1.807) is 12.1 Å². The molecule has 0 atom stereocenters. The molecule has 0 spiro atoms. The summed E-state index contributed by atoms with van der Waals surface area (Å²) in [5.74, 6) is -0.149. The molecule has 0 heterocycles. The van der Waals surface area contributed by atoms with Crippen molar-refractivity contribution >= 4 is 11.7 Å². The lowest BCUT2D eigenvalue weighted by molar-refractivity contribution is -0.121. The second kappa shape index (κ2) is 8.77. The van der Waals surface area contributed by atoms with Crippen molar-refractivity contribution in [3.63, 3.8) is 0 Å². The molecule has 0 fully saturated rings. The molecule has 0 saturated carbocycles. The Hall–Kier alpha value is -3.20. The Labute approximate surface area is 153 Å². The number of carbonyl (C=O) groups is 2. The Bertz CT molecular complexity index is 806. The number of hydrogen-bond donors (Lipinski definition) is 1. The van der Waals surface area contributed by atoms with E-state index in [0.29, 0.717) is 5.56 Å². The van der Waals surface area contributed by atoms with E-state index >= 15 is 0 Å². The summed E-state index contributed by atoms with van der Waals surface area (Å²) in [6.45, 7) is 0. The van der Waals surface area contributed by atoms with Crippen molar-refractivity contribution in [3.05, 3.63) is 108 Å². The highest BCUT2D eigenvalue weighted by molar-refractivity contribution is 5.97. The topological polar surface area (TPSA) is 46.2 Å². The lowest BCUT2D eigenvalue weighted by Gasteiger charge is -2.20. The van der Waals surface area contributed by atoms with Crippen LogP contribution in [0.25, 0.3) is 0 Å². The molecule has 130 valence electrons. The third kappa shape index (κ3) is 4.67. The summed E-state index contributed by atoms with van der Waals surface area (Å²) < 4.78 is 0. The van der Waals surface area contributed by atoms with Crippen molar-refractivity contribution < 1.29 is 9.59 Å². The SMILES string of the molecule is O=C(CCC(=O)c1ccccc1)NC(c1ccccc1)c1ccccc1. The molecule has 0 unspecified atom stereocenters. The number of rotatable bonds is 7. The molecular weight excluding hydrogens is 322 g/mol. The highest BCUT2D eigenvalue weighted by Gasteiger charge is 2.17. The van der Waals surface area contributed by atoms with Crippen molar-refractivity contribution in [1.29, 1.82) is 0 Å². The van der Waals surface area contributed by atoms with Crippen molar-refractivity contribution in [3.8, 4) is 0 Å². The first kappa shape index (κ1) is 17.6. The van der Waals surface area contributed by atoms with Crippen LogP contribution < -0.4 is 5.32 Å². The first-order valence-corrected chi connectivity index (χ1v) is 8.71. The summed E-state index contributed by atoms with van der Waals surface area (Å²) in [6.07, 6.45) is 0.371. The first-order valence-electron chi connectivity index (χ1n) is 8.71. The smallest absolute Gasteiger partial charge is 0.221 e. The number of nitrogens with one attached hydrogen (secondary N) is 1. The summed E-state index contributed by atoms with van der Waals surface area (Å²) in [5.41, 5.74) is 2.67. The van der Waals surface area contributed by atoms with E-state index in [-0.39, 0.29) is 30.6 Å². The Morgan fingerprint density at radius 2 is 1.12 bits per heavy atom. The zero-order valence-electron chi connectivity index (χ0n) is 14.5. The lowest BCUT2D eigenvalue weighted by atomic mass is 9.98. The maximum absolute atomic E-state index is 12.5. The fourth-order valence-corrected chi connectivity index (χ4v) is 2.88. The molecule has 0 aliphatic heterocycles. The van der Waals surface area contributed by atoms with Crippen LogP contribution >= 0.6 is 0 Å². The number of hydrogen-bond acceptors (Lipinski definition) is 2. The van der Waals surface area contributed by atoms with E-state index in [1.807, 2.05) is 78.9 Å². The van der Waals surface area contributed by atoms with Gasteiger partial charge in [-0.2, -0.15) is 0 Å². The fraction of sp³-hybridized carbons (Fsp3) is 0.130. The van der Waals surface area contributed by atoms with Gasteiger partial charge in [0.05, 0.1) is 6.04 Å². The van der Waals surface area contributed by atoms with Crippen LogP contribution in [-0.2, 0) is 4.79 Å². The maximum Gasteiger partial charge on any atom is 0.221 e. The van der Waals surface area contributed by atoms with Gasteiger partial charge in [-0.3, -0.25) is 9.59 Å². The first-order chi connectivity index (χ1) is 12.7. The molecule has 0 aromatic heterocycles. The van der Waals surface area contributed by atoms with Gasteiger partial charge in [-0.25, -0.2) is 0 Å². The van der Waals surface area contributed by atoms with E-state index in [4.69, 9.17) is 0 Å². The molecule has 0 saturated heterocycles. The zero-order valence-corrected chi connectivity index (χ0v) is 14.5. The minimum Gasteiger partial charge on any atom is -0.345 e. The van der Waals surface area contributed by atoms with Crippen molar-refractivity contribution in [2.75, 3.05) is 0 Å². The summed E-state index contributed by atoms with van der Waals surface area (Å²) in [5, 5.41) is 3.07. The van der Waals surface area contributed by atoms with Crippen molar-refractivity contribution in [2.24, 2.45) is 0 Å². The van der Waals surface area contributed by atoms with Gasteiger partial charge in [-0.05, 0) is 11.1 Å². The van der Waals surface area contributed by atoms with Crippen LogP contribution in [0.15, 0.2) is 91.0 Å². The fourth-order valence-electron chi connectivity index (χ4n) is 2.88. The predicted octanol–water partition coefficient (Wildman–Crippen LogP) is 4.56. The predicted molar refractivity (Wildman–Crippen MR) is 103 cm³/mol. The maximum atomic E-state index is 12.5. The molecule has 0 aliphatic rings. The molecule has 0 bridgehead atoms. The summed E-state index contributed by atoms with van der Waals surface area (Å²) in [4.78, 5) is 24.7. The Balaban J connectivity index is 1.67. The molecule has 3 aromatic rings. The largest absolute Gasteiger partial charge is 0.345 e. The third-order valence-electron chi connectivity index (χ3n) is 4.25. The van der Waals surface area contributed by atoms with Gasteiger partial charge < -0.3 is 5.32 Å². The number of amides is 1. The third-order valence-corrected chi connectivity index (χ3v) is 4.25. The van der Waals surface area contributed by atoms with Gasteiger partial charge in [0.2, 0.25) is 5.91 Å². The highest BCUT2D eigenvalue weighted by Crippen LogP contribution is 2.22. The number of benzene rings is 3. The van der Waals surface area contributed by atoms with Crippen LogP contribution in [0.5, 0.6) is 0 Å². The Kier molecular flexibility index (Phi) is 5.94. The lowest BCUT2D eigenvalue weighted by Crippen LogP contribution is -2.29. The van der Waals surface area contributed by atoms with Crippen molar-refractivity contribution in [2.45, 2.75) is 18.9 Å². The van der Waals surface area contributed by atoms with Crippen LogP contribution in [0, 0.1) is 0 Å². The molecular formula is C23H21NO2. The second-order valence-corrected chi connectivity index (χ2v) is 6.11. The van der Waals surface area contributed by atoms with Gasteiger partial charge in [-0.15, -0.1) is 0 Å². The molecule has 1 N–H and O–H groups in total. The molecule has 26 heavy (non-hydrogen) atoms. The number of Topliss-reactive ketones (excluding diaryl/α,β-unsaturated/α-hetero) is 1. The second-order valence-electron chi connectivity index (χ2n) is 6.11. The monoisotopic (exact) mass is 343 g/mol. The number of carbonyl (C=O) groups excluding carboxylic acids is 2. The van der Waals surface area contributed by atoms with Crippen LogP contribution in [-0.4, -0.2) is 11.7 Å². The van der Waals surface area contributed by atoms with E-state index < -0.39 is 0 Å². The zero-order chi connectivity index (χ0) is 18.2. The van der Waals surface area contributed by atoms with Gasteiger partial charge >= 0.3 is 0 Å². The molecule has 0 radical (unpaired) electrons. The normalized spacial score (nSPS) is 10.5. The van der Waals surface area contributed by atoms with Gasteiger partial charge in [-0.1, -0.05) is 91.0 Å². The van der Waals surface area contributed by atoms with Crippen LogP contribution in [0.4, 0.5) is 0 Å². The average Bonchev–Trinajstić information content (AvgIpc) is 2.72. The van der Waals surface area contributed by atoms with Crippen molar-refractivity contribution in [1.82, 2.24) is 5.32 Å². The molecule has 3 heteroatoms. The summed E-state index contributed by atoms with van der Waals surface area (Å²) in [6, 6.07) is 28.5. The molecule has 3 nitrogen and oxygen atoms in total. The standard InChI is InChI=1S/C23H21NO2/c25-21(18-10-4-1-5-11-18)16-17-22(26)24-23(19-12-6-2-7-13-19)20-14-8-3-9-15-20/h1-15,23H,16-17H2,(H,24,26). The van der Waals surface area contributed by atoms with E-state index in [2.05, 4.69) is 5.32 Å². The Morgan fingerprint density at radius 1 is 0.654 bits per heavy atom. The summed E-state index contributed by atoms with van der Waals surface area (Å²) in [7, 11) is 0. The van der Waals surface area contributed by atoms with Gasteiger partial charge in [0.15, 0.2) is 5.78 Å².